The molecule has 0 fully saturated rings. The number of hydrogen-bond acceptors (Lipinski definition) is 2. The molecule has 3 N–H and O–H groups in total. The van der Waals surface area contributed by atoms with Crippen LogP contribution in [0, 0.1) is 13.8 Å². The Morgan fingerprint density at radius 2 is 1.61 bits per heavy atom. The highest BCUT2D eigenvalue weighted by Gasteiger charge is 2.12. The zero-order chi connectivity index (χ0) is 21.6. The Morgan fingerprint density at radius 1 is 0.903 bits per heavy atom. The molecule has 0 unspecified atom stereocenters. The van der Waals surface area contributed by atoms with Crippen LogP contribution in [0.3, 0.4) is 0 Å². The number of hydrogen-bond donors (Lipinski definition) is 3. The fourth-order valence-corrected chi connectivity index (χ4v) is 3.58. The fourth-order valence-electron chi connectivity index (χ4n) is 3.58. The number of aryl methyl sites for hydroxylation is 2. The first-order valence-electron chi connectivity index (χ1n) is 10.4. The van der Waals surface area contributed by atoms with E-state index in [1.165, 1.54) is 10.9 Å². The van der Waals surface area contributed by atoms with Crippen molar-refractivity contribution in [2.45, 2.75) is 20.3 Å². The van der Waals surface area contributed by atoms with Gasteiger partial charge in [0.1, 0.15) is 0 Å². The van der Waals surface area contributed by atoms with Gasteiger partial charge in [-0.05, 0) is 55.2 Å². The van der Waals surface area contributed by atoms with E-state index in [4.69, 9.17) is 4.99 Å². The molecule has 4 rings (SSSR count). The van der Waals surface area contributed by atoms with Gasteiger partial charge in [-0.15, -0.1) is 0 Å². The van der Waals surface area contributed by atoms with E-state index in [9.17, 15) is 4.79 Å². The number of H-pyrrole nitrogens is 1. The molecule has 31 heavy (non-hydrogen) atoms. The average Bonchev–Trinajstić information content (AvgIpc) is 3.18. The number of nitrogens with one attached hydrogen (secondary N) is 3. The molecule has 5 nitrogen and oxygen atoms in total. The summed E-state index contributed by atoms with van der Waals surface area (Å²) in [5, 5.41) is 7.46. The molecule has 3 aromatic carbocycles. The van der Waals surface area contributed by atoms with Gasteiger partial charge in [-0.1, -0.05) is 54.6 Å². The first kappa shape index (κ1) is 20.4. The third-order valence-electron chi connectivity index (χ3n) is 5.35. The lowest BCUT2D eigenvalue weighted by molar-refractivity contribution is 0.0976. The molecule has 0 aliphatic rings. The van der Waals surface area contributed by atoms with E-state index in [0.29, 0.717) is 18.1 Å². The number of carbonyl (C=O) groups excluding carboxylic acids is 1. The summed E-state index contributed by atoms with van der Waals surface area (Å²) in [6, 6.07) is 23.7. The van der Waals surface area contributed by atoms with Crippen LogP contribution in [0.15, 0.2) is 84.0 Å². The Kier molecular flexibility index (Phi) is 6.13. The molecular weight excluding hydrogens is 384 g/mol. The number of amides is 1. The molecule has 1 amide bonds. The molecule has 1 aromatic heterocycles. The van der Waals surface area contributed by atoms with Gasteiger partial charge in [0, 0.05) is 34.9 Å². The van der Waals surface area contributed by atoms with Crippen molar-refractivity contribution in [2.75, 3.05) is 11.9 Å². The molecule has 0 spiro atoms. The van der Waals surface area contributed by atoms with Crippen LogP contribution < -0.4 is 10.6 Å². The molecule has 5 heteroatoms. The summed E-state index contributed by atoms with van der Waals surface area (Å²) in [4.78, 5) is 20.9. The van der Waals surface area contributed by atoms with Crippen molar-refractivity contribution in [3.05, 3.63) is 101 Å². The number of aromatic nitrogens is 1. The summed E-state index contributed by atoms with van der Waals surface area (Å²) in [6.45, 7) is 4.50. The number of guanidine groups is 1. The van der Waals surface area contributed by atoms with E-state index < -0.39 is 0 Å². The van der Waals surface area contributed by atoms with Gasteiger partial charge in [0.25, 0.3) is 5.91 Å². The van der Waals surface area contributed by atoms with Gasteiger partial charge in [-0.25, -0.2) is 0 Å². The van der Waals surface area contributed by atoms with Crippen molar-refractivity contribution in [2.24, 2.45) is 4.99 Å². The van der Waals surface area contributed by atoms with Crippen LogP contribution in [0.25, 0.3) is 10.9 Å². The molecular formula is C26H26N4O. The van der Waals surface area contributed by atoms with E-state index in [1.807, 2.05) is 80.7 Å². The van der Waals surface area contributed by atoms with Crippen LogP contribution in [0.5, 0.6) is 0 Å². The minimum absolute atomic E-state index is 0.176. The second-order valence-corrected chi connectivity index (χ2v) is 7.55. The largest absolute Gasteiger partial charge is 0.361 e. The maximum atomic E-state index is 12.9. The molecule has 0 atom stereocenters. The Labute approximate surface area is 182 Å². The van der Waals surface area contributed by atoms with Crippen LogP contribution in [-0.4, -0.2) is 23.4 Å². The number of nitrogens with zero attached hydrogens (tertiary/aromatic N) is 1. The van der Waals surface area contributed by atoms with Crippen LogP contribution in [0.4, 0.5) is 5.69 Å². The molecule has 0 aliphatic carbocycles. The molecule has 1 heterocycles. The van der Waals surface area contributed by atoms with Crippen LogP contribution in [0.1, 0.15) is 27.0 Å². The lowest BCUT2D eigenvalue weighted by atomic mass is 10.1. The maximum Gasteiger partial charge on any atom is 0.258 e. The predicted molar refractivity (Wildman–Crippen MR) is 128 cm³/mol. The molecule has 0 bridgehead atoms. The third-order valence-corrected chi connectivity index (χ3v) is 5.35. The van der Waals surface area contributed by atoms with Crippen molar-refractivity contribution in [1.29, 1.82) is 0 Å². The Balaban J connectivity index is 1.54. The van der Waals surface area contributed by atoms with Gasteiger partial charge in [-0.2, -0.15) is 0 Å². The first-order valence-corrected chi connectivity index (χ1v) is 10.4. The van der Waals surface area contributed by atoms with Crippen molar-refractivity contribution < 1.29 is 4.79 Å². The van der Waals surface area contributed by atoms with E-state index in [1.54, 1.807) is 0 Å². The predicted octanol–water partition coefficient (Wildman–Crippen LogP) is 5.23. The zero-order valence-electron chi connectivity index (χ0n) is 17.8. The minimum Gasteiger partial charge on any atom is -0.361 e. The highest BCUT2D eigenvalue weighted by molar-refractivity contribution is 6.10. The summed E-state index contributed by atoms with van der Waals surface area (Å²) in [5.74, 6) is 0.271. The number of rotatable bonds is 5. The van der Waals surface area contributed by atoms with E-state index >= 15 is 0 Å². The Hall–Kier alpha value is -3.86. The lowest BCUT2D eigenvalue weighted by Crippen LogP contribution is -2.36. The molecule has 0 radical (unpaired) electrons. The van der Waals surface area contributed by atoms with Crippen molar-refractivity contribution in [1.82, 2.24) is 10.3 Å². The average molecular weight is 411 g/mol. The number of aliphatic imine (C=N–C) groups is 1. The second-order valence-electron chi connectivity index (χ2n) is 7.55. The number of benzene rings is 3. The summed E-state index contributed by atoms with van der Waals surface area (Å²) in [7, 11) is 0. The summed E-state index contributed by atoms with van der Waals surface area (Å²) in [6.07, 6.45) is 2.80. The van der Waals surface area contributed by atoms with Gasteiger partial charge < -0.3 is 10.3 Å². The van der Waals surface area contributed by atoms with E-state index in [2.05, 4.69) is 27.8 Å². The molecule has 0 aliphatic heterocycles. The van der Waals surface area contributed by atoms with Gasteiger partial charge >= 0.3 is 0 Å². The molecule has 0 saturated heterocycles. The van der Waals surface area contributed by atoms with Crippen molar-refractivity contribution >= 4 is 28.5 Å². The van der Waals surface area contributed by atoms with Gasteiger partial charge in [0.15, 0.2) is 0 Å². The number of anilines is 1. The summed E-state index contributed by atoms with van der Waals surface area (Å²) in [5.41, 5.74) is 5.88. The standard InChI is InChI=1S/C26H26N4O/c1-18-9-3-5-11-21(18)25(31)30-26(29-23-13-7-4-10-19(23)2)27-16-15-20-17-28-24-14-8-6-12-22(20)24/h3-14,17,28H,15-16H2,1-2H3,(H2,27,29,30,31). The first-order chi connectivity index (χ1) is 15.1. The van der Waals surface area contributed by atoms with Crippen LogP contribution in [-0.2, 0) is 6.42 Å². The van der Waals surface area contributed by atoms with Gasteiger partial charge in [-0.3, -0.25) is 15.1 Å². The topological polar surface area (TPSA) is 69.3 Å². The Morgan fingerprint density at radius 3 is 2.42 bits per heavy atom. The zero-order valence-corrected chi connectivity index (χ0v) is 17.8. The molecule has 156 valence electrons. The highest BCUT2D eigenvalue weighted by Crippen LogP contribution is 2.18. The van der Waals surface area contributed by atoms with Crippen LogP contribution in [0.2, 0.25) is 0 Å². The molecule has 0 saturated carbocycles. The van der Waals surface area contributed by atoms with Crippen molar-refractivity contribution in [3.63, 3.8) is 0 Å². The smallest absolute Gasteiger partial charge is 0.258 e. The fraction of sp³-hybridized carbons (Fsp3) is 0.154. The van der Waals surface area contributed by atoms with Gasteiger partial charge in [0.2, 0.25) is 5.96 Å². The number of carbonyl (C=O) groups is 1. The highest BCUT2D eigenvalue weighted by atomic mass is 16.1. The normalized spacial score (nSPS) is 11.5. The SMILES string of the molecule is Cc1ccccc1NC(=NCCc1c[nH]c2ccccc12)NC(=O)c1ccccc1C. The number of para-hydroxylation sites is 2. The summed E-state index contributed by atoms with van der Waals surface area (Å²) >= 11 is 0. The quantitative estimate of drug-likeness (QED) is 0.312. The third kappa shape index (κ3) is 4.83. The monoisotopic (exact) mass is 410 g/mol. The van der Waals surface area contributed by atoms with E-state index in [-0.39, 0.29) is 5.91 Å². The van der Waals surface area contributed by atoms with Crippen LogP contribution >= 0.6 is 0 Å². The summed E-state index contributed by atoms with van der Waals surface area (Å²) < 4.78 is 0. The second kappa shape index (κ2) is 9.30. The number of aromatic amines is 1. The van der Waals surface area contributed by atoms with Crippen molar-refractivity contribution in [3.8, 4) is 0 Å². The molecule has 4 aromatic rings. The van der Waals surface area contributed by atoms with Gasteiger partial charge in [0.05, 0.1) is 0 Å². The Bertz CT molecular complexity index is 1240. The number of fused-ring (bicyclic) bond motifs is 1. The maximum absolute atomic E-state index is 12.9. The minimum atomic E-state index is -0.176. The lowest BCUT2D eigenvalue weighted by Gasteiger charge is -2.14. The van der Waals surface area contributed by atoms with E-state index in [0.717, 1.165) is 28.8 Å².